The second kappa shape index (κ2) is 6.65. The molecule has 4 rings (SSSR count). The van der Waals surface area contributed by atoms with E-state index in [0.29, 0.717) is 6.61 Å². The lowest BCUT2D eigenvalue weighted by Gasteiger charge is -2.22. The number of hydrogen-bond acceptors (Lipinski definition) is 4. The van der Waals surface area contributed by atoms with Crippen LogP contribution < -0.4 is 10.6 Å². The lowest BCUT2D eigenvalue weighted by atomic mass is 9.82. The Kier molecular flexibility index (Phi) is 4.32. The third-order valence-corrected chi connectivity index (χ3v) is 5.57. The molecule has 2 aliphatic rings. The van der Waals surface area contributed by atoms with Crippen LogP contribution in [0.3, 0.4) is 0 Å². The van der Waals surface area contributed by atoms with Gasteiger partial charge in [-0.2, -0.15) is 5.10 Å². The van der Waals surface area contributed by atoms with Crippen LogP contribution in [-0.4, -0.2) is 40.2 Å². The number of rotatable bonds is 3. The summed E-state index contributed by atoms with van der Waals surface area (Å²) >= 11 is 6.67. The number of hydrogen-bond donors (Lipinski definition) is 1. The van der Waals surface area contributed by atoms with E-state index in [0.717, 1.165) is 27.4 Å². The molecule has 2 aromatic rings. The van der Waals surface area contributed by atoms with Crippen molar-refractivity contribution in [1.29, 1.82) is 0 Å². The number of carbonyl (C=O) groups is 1. The van der Waals surface area contributed by atoms with Crippen LogP contribution in [0.4, 0.5) is 0 Å². The number of likely N-dealkylation sites (tertiary alicyclic amines) is 1. The zero-order chi connectivity index (χ0) is 18.3. The van der Waals surface area contributed by atoms with Crippen LogP contribution in [0.1, 0.15) is 12.5 Å². The number of nitrogens with zero attached hydrogens (tertiary/aromatic N) is 2. The molecule has 134 valence electrons. The maximum atomic E-state index is 12.7. The zero-order valence-corrected chi connectivity index (χ0v) is 15.4. The second-order valence-corrected chi connectivity index (χ2v) is 6.97. The molecule has 1 saturated heterocycles. The van der Waals surface area contributed by atoms with Gasteiger partial charge in [0, 0.05) is 23.9 Å². The summed E-state index contributed by atoms with van der Waals surface area (Å²) in [5.74, 6) is -0.892. The van der Waals surface area contributed by atoms with E-state index in [1.807, 2.05) is 49.2 Å². The van der Waals surface area contributed by atoms with Crippen LogP contribution in [0.25, 0.3) is 17.8 Å². The van der Waals surface area contributed by atoms with E-state index < -0.39 is 11.4 Å². The molecule has 0 saturated carbocycles. The number of alkyl halides is 1. The van der Waals surface area contributed by atoms with E-state index in [1.165, 1.54) is 0 Å². The van der Waals surface area contributed by atoms with Crippen molar-refractivity contribution in [2.75, 3.05) is 13.7 Å². The Balaban J connectivity index is 1.92. The summed E-state index contributed by atoms with van der Waals surface area (Å²) in [5, 5.41) is 9.13. The Labute approximate surface area is 156 Å². The van der Waals surface area contributed by atoms with Crippen molar-refractivity contribution in [2.45, 2.75) is 12.4 Å². The van der Waals surface area contributed by atoms with Crippen LogP contribution in [-0.2, 0) is 9.53 Å². The van der Waals surface area contributed by atoms with Gasteiger partial charge in [-0.15, -0.1) is 0 Å². The highest BCUT2D eigenvalue weighted by molar-refractivity contribution is 6.23. The minimum Gasteiger partial charge on any atom is -0.466 e. The molecule has 0 bridgehead atoms. The van der Waals surface area contributed by atoms with Gasteiger partial charge in [-0.3, -0.25) is 9.89 Å². The molecule has 0 amide bonds. The predicted octanol–water partition coefficient (Wildman–Crippen LogP) is 1.70. The van der Waals surface area contributed by atoms with E-state index >= 15 is 0 Å². The van der Waals surface area contributed by atoms with Crippen molar-refractivity contribution in [3.05, 3.63) is 58.2 Å². The summed E-state index contributed by atoms with van der Waals surface area (Å²) in [6.45, 7) is 2.15. The van der Waals surface area contributed by atoms with Gasteiger partial charge in [0.25, 0.3) is 0 Å². The second-order valence-electron chi connectivity index (χ2n) is 6.52. The monoisotopic (exact) mass is 369 g/mol. The van der Waals surface area contributed by atoms with Crippen LogP contribution in [0.5, 0.6) is 0 Å². The number of aromatic nitrogens is 2. The van der Waals surface area contributed by atoms with E-state index in [4.69, 9.17) is 16.3 Å². The normalized spacial score (nSPS) is 25.7. The topological polar surface area (TPSA) is 58.2 Å². The molecule has 5 nitrogen and oxygen atoms in total. The first-order valence-corrected chi connectivity index (χ1v) is 9.11. The van der Waals surface area contributed by atoms with Gasteiger partial charge in [-0.05, 0) is 24.1 Å². The largest absolute Gasteiger partial charge is 0.466 e. The van der Waals surface area contributed by atoms with Crippen LogP contribution in [0.15, 0.2) is 42.1 Å². The average molecular weight is 370 g/mol. The Bertz CT molecular complexity index is 980. The summed E-state index contributed by atoms with van der Waals surface area (Å²) in [6.07, 6.45) is 5.95. The highest BCUT2D eigenvalue weighted by Gasteiger charge is 2.50. The number of H-pyrrole nitrogens is 1. The first-order valence-electron chi connectivity index (χ1n) is 8.67. The summed E-state index contributed by atoms with van der Waals surface area (Å²) in [5.41, 5.74) is 2.64. The van der Waals surface area contributed by atoms with Crippen molar-refractivity contribution in [3.8, 4) is 0 Å². The molecule has 1 aromatic carbocycles. The molecule has 1 aromatic heterocycles. The maximum absolute atomic E-state index is 12.7. The Morgan fingerprint density at radius 3 is 2.88 bits per heavy atom. The highest BCUT2D eigenvalue weighted by Crippen LogP contribution is 2.45. The first kappa shape index (κ1) is 16.9. The van der Waals surface area contributed by atoms with Gasteiger partial charge in [0.2, 0.25) is 0 Å². The van der Waals surface area contributed by atoms with E-state index in [1.54, 1.807) is 6.20 Å². The Hall–Kier alpha value is -2.53. The summed E-state index contributed by atoms with van der Waals surface area (Å²) in [6, 6.07) is 10.1. The fourth-order valence-electron chi connectivity index (χ4n) is 3.87. The number of nitrogens with one attached hydrogen (secondary N) is 1. The van der Waals surface area contributed by atoms with Crippen molar-refractivity contribution >= 4 is 35.4 Å². The number of benzene rings is 1. The van der Waals surface area contributed by atoms with Crippen LogP contribution >= 0.6 is 11.6 Å². The van der Waals surface area contributed by atoms with Crippen molar-refractivity contribution in [1.82, 2.24) is 15.1 Å². The fourth-order valence-corrected chi connectivity index (χ4v) is 4.22. The quantitative estimate of drug-likeness (QED) is 0.508. The molecule has 0 radical (unpaired) electrons. The summed E-state index contributed by atoms with van der Waals surface area (Å²) in [4.78, 5) is 14.7. The number of halogens is 1. The maximum Gasteiger partial charge on any atom is 0.313 e. The lowest BCUT2D eigenvalue weighted by molar-refractivity contribution is -0.148. The molecular weight excluding hydrogens is 350 g/mol. The standard InChI is InChI=1S/C20H20ClN3O2/c1-3-26-20(25)17-16-13(9-12-7-5-4-6-8-12)10-15-14(11-22-23-15)18(16)24(2)19(17)21/h4-11,16-17,19,23H,3H2,1-2H3. The van der Waals surface area contributed by atoms with Gasteiger partial charge in [0.1, 0.15) is 11.4 Å². The molecular formula is C20H20ClN3O2. The summed E-state index contributed by atoms with van der Waals surface area (Å²) in [7, 11) is 1.92. The Morgan fingerprint density at radius 2 is 2.15 bits per heavy atom. The SMILES string of the molecule is CCOC(=O)C1C2C(=Cc3ccccc3)C=c3[nH]ncc3=C2N(C)C1Cl. The van der Waals surface area contributed by atoms with Crippen molar-refractivity contribution < 1.29 is 9.53 Å². The molecule has 0 spiro atoms. The van der Waals surface area contributed by atoms with Crippen LogP contribution in [0, 0.1) is 11.8 Å². The molecule has 3 atom stereocenters. The molecule has 1 fully saturated rings. The van der Waals surface area contributed by atoms with Gasteiger partial charge in [0.05, 0.1) is 18.2 Å². The predicted molar refractivity (Wildman–Crippen MR) is 101 cm³/mol. The number of ether oxygens (including phenoxy) is 1. The zero-order valence-electron chi connectivity index (χ0n) is 14.6. The molecule has 3 unspecified atom stereocenters. The first-order chi connectivity index (χ1) is 12.6. The highest BCUT2D eigenvalue weighted by atomic mass is 35.5. The molecule has 1 N–H and O–H groups in total. The smallest absolute Gasteiger partial charge is 0.313 e. The number of fused-ring (bicyclic) bond motifs is 2. The number of aromatic amines is 1. The van der Waals surface area contributed by atoms with Crippen molar-refractivity contribution in [3.63, 3.8) is 0 Å². The summed E-state index contributed by atoms with van der Waals surface area (Å²) < 4.78 is 5.33. The van der Waals surface area contributed by atoms with E-state index in [2.05, 4.69) is 22.3 Å². The third kappa shape index (κ3) is 2.63. The molecule has 1 aliphatic carbocycles. The molecule has 2 heterocycles. The Morgan fingerprint density at radius 1 is 1.38 bits per heavy atom. The average Bonchev–Trinajstić information content (AvgIpc) is 3.19. The van der Waals surface area contributed by atoms with Gasteiger partial charge in [-0.1, -0.05) is 48.0 Å². The van der Waals surface area contributed by atoms with Gasteiger partial charge < -0.3 is 9.64 Å². The number of esters is 1. The van der Waals surface area contributed by atoms with Gasteiger partial charge in [0.15, 0.2) is 0 Å². The van der Waals surface area contributed by atoms with Gasteiger partial charge in [-0.25, -0.2) is 0 Å². The van der Waals surface area contributed by atoms with E-state index in [-0.39, 0.29) is 11.9 Å². The molecule has 6 heteroatoms. The van der Waals surface area contributed by atoms with Crippen molar-refractivity contribution in [2.24, 2.45) is 11.8 Å². The minimum atomic E-state index is -0.470. The third-order valence-electron chi connectivity index (χ3n) is 5.01. The van der Waals surface area contributed by atoms with E-state index in [9.17, 15) is 4.79 Å². The van der Waals surface area contributed by atoms with Gasteiger partial charge >= 0.3 is 5.97 Å². The lowest BCUT2D eigenvalue weighted by Crippen LogP contribution is -2.36. The number of carbonyl (C=O) groups excluding carboxylic acids is 1. The fraction of sp³-hybridized carbons (Fsp3) is 0.300. The molecule has 26 heavy (non-hydrogen) atoms. The minimum absolute atomic E-state index is 0.160. The molecule has 1 aliphatic heterocycles. The van der Waals surface area contributed by atoms with Crippen LogP contribution in [0.2, 0.25) is 0 Å².